The van der Waals surface area contributed by atoms with E-state index >= 15 is 0 Å². The Bertz CT molecular complexity index is 691. The largest absolute Gasteiger partial charge is 0.355 e. The zero-order valence-electron chi connectivity index (χ0n) is 11.1. The van der Waals surface area contributed by atoms with Gasteiger partial charge in [0.05, 0.1) is 11.0 Å². The van der Waals surface area contributed by atoms with Crippen molar-refractivity contribution in [3.05, 3.63) is 54.6 Å². The summed E-state index contributed by atoms with van der Waals surface area (Å²) in [5.74, 6) is 1.51. The minimum atomic E-state index is 0.651. The Hall–Kier alpha value is -2.00. The summed E-state index contributed by atoms with van der Waals surface area (Å²) in [7, 11) is 0. The second-order valence-corrected chi connectivity index (χ2v) is 4.94. The Morgan fingerprint density at radius 3 is 2.55 bits per heavy atom. The Morgan fingerprint density at radius 1 is 1.00 bits per heavy atom. The molecule has 1 heterocycles. The Balaban J connectivity index is 2.09. The predicted molar refractivity (Wildman–Crippen MR) is 84.9 cm³/mol. The van der Waals surface area contributed by atoms with Gasteiger partial charge in [-0.3, -0.25) is 4.57 Å². The van der Waals surface area contributed by atoms with Crippen LogP contribution in [0.3, 0.4) is 0 Å². The third-order valence-corrected chi connectivity index (χ3v) is 3.44. The molecule has 1 N–H and O–H groups in total. The van der Waals surface area contributed by atoms with Crippen molar-refractivity contribution >= 4 is 28.6 Å². The number of hydrogen-bond acceptors (Lipinski definition) is 2. The fourth-order valence-electron chi connectivity index (χ4n) is 2.25. The van der Waals surface area contributed by atoms with E-state index in [1.807, 2.05) is 36.4 Å². The van der Waals surface area contributed by atoms with Crippen LogP contribution in [0.1, 0.15) is 6.42 Å². The van der Waals surface area contributed by atoms with Gasteiger partial charge in [-0.1, -0.05) is 30.3 Å². The molecular weight excluding hydrogens is 270 g/mol. The van der Waals surface area contributed by atoms with Gasteiger partial charge in [0, 0.05) is 18.1 Å². The monoisotopic (exact) mass is 285 g/mol. The Labute approximate surface area is 123 Å². The van der Waals surface area contributed by atoms with Crippen molar-refractivity contribution in [1.29, 1.82) is 0 Å². The maximum atomic E-state index is 5.74. The summed E-state index contributed by atoms with van der Waals surface area (Å²) in [6, 6.07) is 18.4. The quantitative estimate of drug-likeness (QED) is 0.566. The van der Waals surface area contributed by atoms with E-state index in [4.69, 9.17) is 11.6 Å². The Morgan fingerprint density at radius 2 is 1.75 bits per heavy atom. The van der Waals surface area contributed by atoms with Gasteiger partial charge in [0.15, 0.2) is 0 Å². The first-order valence-corrected chi connectivity index (χ1v) is 7.26. The standard InChI is InChI=1S/C16H16ClN3/c17-11-6-12-18-16-19-14-9-4-5-10-15(14)20(16)13-7-2-1-3-8-13/h1-5,7-10H,6,11-12H2,(H,18,19). The lowest BCUT2D eigenvalue weighted by Crippen LogP contribution is -2.08. The number of halogens is 1. The molecular formula is C16H16ClN3. The number of alkyl halides is 1. The fourth-order valence-corrected chi connectivity index (χ4v) is 2.38. The molecule has 1 aromatic heterocycles. The summed E-state index contributed by atoms with van der Waals surface area (Å²) in [4.78, 5) is 4.67. The predicted octanol–water partition coefficient (Wildman–Crippen LogP) is 4.07. The topological polar surface area (TPSA) is 29.9 Å². The molecule has 4 heteroatoms. The van der Waals surface area contributed by atoms with Crippen LogP contribution < -0.4 is 5.32 Å². The van der Waals surface area contributed by atoms with Crippen LogP contribution in [0.4, 0.5) is 5.95 Å². The maximum absolute atomic E-state index is 5.74. The van der Waals surface area contributed by atoms with E-state index in [-0.39, 0.29) is 0 Å². The molecule has 3 nitrogen and oxygen atoms in total. The van der Waals surface area contributed by atoms with Gasteiger partial charge < -0.3 is 5.32 Å². The van der Waals surface area contributed by atoms with Crippen LogP contribution in [0.2, 0.25) is 0 Å². The number of fused-ring (bicyclic) bond motifs is 1. The lowest BCUT2D eigenvalue weighted by atomic mass is 10.3. The molecule has 0 saturated carbocycles. The van der Waals surface area contributed by atoms with Crippen molar-refractivity contribution in [1.82, 2.24) is 9.55 Å². The zero-order valence-corrected chi connectivity index (χ0v) is 11.8. The molecule has 0 fully saturated rings. The highest BCUT2D eigenvalue weighted by atomic mass is 35.5. The summed E-state index contributed by atoms with van der Waals surface area (Å²) in [5, 5.41) is 3.37. The van der Waals surface area contributed by atoms with Gasteiger partial charge in [-0.05, 0) is 30.7 Å². The third-order valence-electron chi connectivity index (χ3n) is 3.17. The minimum absolute atomic E-state index is 0.651. The van der Waals surface area contributed by atoms with Crippen LogP contribution >= 0.6 is 11.6 Å². The molecule has 0 saturated heterocycles. The van der Waals surface area contributed by atoms with Crippen LogP contribution in [-0.2, 0) is 0 Å². The SMILES string of the molecule is ClCCCNc1nc2ccccc2n1-c1ccccc1. The molecule has 0 aliphatic carbocycles. The first-order valence-electron chi connectivity index (χ1n) is 6.73. The van der Waals surface area contributed by atoms with Crippen LogP contribution in [0.5, 0.6) is 0 Å². The number of nitrogens with one attached hydrogen (secondary N) is 1. The normalized spacial score (nSPS) is 10.8. The van der Waals surface area contributed by atoms with E-state index in [1.165, 1.54) is 0 Å². The van der Waals surface area contributed by atoms with Crippen molar-refractivity contribution in [3.63, 3.8) is 0 Å². The van der Waals surface area contributed by atoms with E-state index in [1.54, 1.807) is 0 Å². The molecule has 3 rings (SSSR count). The summed E-state index contributed by atoms with van der Waals surface area (Å²) in [6.45, 7) is 0.819. The number of nitrogens with zero attached hydrogens (tertiary/aromatic N) is 2. The summed E-state index contributed by atoms with van der Waals surface area (Å²) in [6.07, 6.45) is 0.916. The number of hydrogen-bond donors (Lipinski definition) is 1. The second-order valence-electron chi connectivity index (χ2n) is 4.56. The summed E-state index contributed by atoms with van der Waals surface area (Å²) in [5.41, 5.74) is 3.20. The highest BCUT2D eigenvalue weighted by Crippen LogP contribution is 2.24. The molecule has 3 aromatic rings. The van der Waals surface area contributed by atoms with Crippen molar-refractivity contribution in [2.24, 2.45) is 0 Å². The van der Waals surface area contributed by atoms with Gasteiger partial charge in [-0.25, -0.2) is 4.98 Å². The van der Waals surface area contributed by atoms with Crippen LogP contribution in [0.15, 0.2) is 54.6 Å². The maximum Gasteiger partial charge on any atom is 0.208 e. The number of imidazole rings is 1. The average Bonchev–Trinajstić information content (AvgIpc) is 2.86. The van der Waals surface area contributed by atoms with Gasteiger partial charge in [0.1, 0.15) is 0 Å². The zero-order chi connectivity index (χ0) is 13.8. The van der Waals surface area contributed by atoms with Crippen LogP contribution in [0.25, 0.3) is 16.7 Å². The first kappa shape index (κ1) is 13.0. The van der Waals surface area contributed by atoms with E-state index < -0.39 is 0 Å². The van der Waals surface area contributed by atoms with E-state index in [9.17, 15) is 0 Å². The fraction of sp³-hybridized carbons (Fsp3) is 0.188. The first-order chi connectivity index (χ1) is 9.90. The van der Waals surface area contributed by atoms with E-state index in [0.29, 0.717) is 5.88 Å². The number of aromatic nitrogens is 2. The molecule has 20 heavy (non-hydrogen) atoms. The molecule has 0 aliphatic rings. The van der Waals surface area contributed by atoms with Gasteiger partial charge in [0.25, 0.3) is 0 Å². The Kier molecular flexibility index (Phi) is 3.88. The van der Waals surface area contributed by atoms with E-state index in [2.05, 4.69) is 33.1 Å². The number of rotatable bonds is 5. The van der Waals surface area contributed by atoms with Gasteiger partial charge >= 0.3 is 0 Å². The molecule has 0 bridgehead atoms. The molecule has 0 unspecified atom stereocenters. The van der Waals surface area contributed by atoms with Crippen molar-refractivity contribution < 1.29 is 0 Å². The molecule has 2 aromatic carbocycles. The highest BCUT2D eigenvalue weighted by Gasteiger charge is 2.11. The highest BCUT2D eigenvalue weighted by molar-refractivity contribution is 6.17. The molecule has 0 amide bonds. The van der Waals surface area contributed by atoms with Gasteiger partial charge in [-0.2, -0.15) is 0 Å². The number of benzene rings is 2. The average molecular weight is 286 g/mol. The van der Waals surface area contributed by atoms with Crippen LogP contribution in [0, 0.1) is 0 Å². The molecule has 0 spiro atoms. The number of anilines is 1. The van der Waals surface area contributed by atoms with Crippen molar-refractivity contribution in [3.8, 4) is 5.69 Å². The molecule has 102 valence electrons. The van der Waals surface area contributed by atoms with Gasteiger partial charge in [-0.15, -0.1) is 11.6 Å². The summed E-state index contributed by atoms with van der Waals surface area (Å²) >= 11 is 5.74. The van der Waals surface area contributed by atoms with Crippen molar-refractivity contribution in [2.45, 2.75) is 6.42 Å². The third kappa shape index (κ3) is 2.49. The molecule has 0 atom stereocenters. The van der Waals surface area contributed by atoms with E-state index in [0.717, 1.165) is 35.6 Å². The second kappa shape index (κ2) is 5.97. The van der Waals surface area contributed by atoms with Crippen molar-refractivity contribution in [2.75, 3.05) is 17.7 Å². The molecule has 0 radical (unpaired) electrons. The lowest BCUT2D eigenvalue weighted by molar-refractivity contribution is 0.949. The lowest BCUT2D eigenvalue weighted by Gasteiger charge is -2.10. The van der Waals surface area contributed by atoms with Gasteiger partial charge in [0.2, 0.25) is 5.95 Å². The minimum Gasteiger partial charge on any atom is -0.355 e. The molecule has 0 aliphatic heterocycles. The van der Waals surface area contributed by atoms with Crippen LogP contribution in [-0.4, -0.2) is 22.0 Å². The summed E-state index contributed by atoms with van der Waals surface area (Å²) < 4.78 is 2.14. The number of para-hydroxylation sites is 3. The smallest absolute Gasteiger partial charge is 0.208 e.